The number of hydrogen-bond donors (Lipinski definition) is 2. The highest BCUT2D eigenvalue weighted by molar-refractivity contribution is 6.06. The summed E-state index contributed by atoms with van der Waals surface area (Å²) in [4.78, 5) is 27.7. The Hall–Kier alpha value is -3.68. The first-order chi connectivity index (χ1) is 16.6. The second-order valence-corrected chi connectivity index (χ2v) is 8.64. The normalized spacial score (nSPS) is 19.1. The number of methoxy groups -OCH3 is 1. The second-order valence-electron chi connectivity index (χ2n) is 8.64. The van der Waals surface area contributed by atoms with Crippen LogP contribution in [0.4, 0.5) is 11.4 Å². The number of carbonyl (C=O) groups excluding carboxylic acids is 2. The molecule has 2 heterocycles. The molecule has 2 bridgehead atoms. The number of nitrogens with zero attached hydrogens (tertiary/aromatic N) is 1. The molecule has 2 amide bonds. The van der Waals surface area contributed by atoms with Gasteiger partial charge < -0.3 is 20.1 Å². The standard InChI is InChI=1S/C27H27N3O4/c1-33-25-12-9-20(13-24(25)29-26(31)16-30-15-23-14-22(30)17-34-23)27(32)28-21-10-7-19(8-11-21)18-5-3-2-4-6-18/h2-13,22-23H,14-17H2,1H3,(H,28,32)(H,29,31)/t22-,23+/m0/s1. The van der Waals surface area contributed by atoms with Crippen LogP contribution >= 0.6 is 0 Å². The van der Waals surface area contributed by atoms with Gasteiger partial charge in [0.15, 0.2) is 0 Å². The number of rotatable bonds is 7. The maximum atomic E-state index is 12.9. The van der Waals surface area contributed by atoms with Gasteiger partial charge in [-0.15, -0.1) is 0 Å². The number of nitrogens with one attached hydrogen (secondary N) is 2. The Morgan fingerprint density at radius 2 is 1.76 bits per heavy atom. The zero-order chi connectivity index (χ0) is 23.5. The topological polar surface area (TPSA) is 79.9 Å². The van der Waals surface area contributed by atoms with Crippen LogP contribution in [-0.2, 0) is 9.53 Å². The summed E-state index contributed by atoms with van der Waals surface area (Å²) in [7, 11) is 1.54. The SMILES string of the molecule is COc1ccc(C(=O)Nc2ccc(-c3ccccc3)cc2)cc1NC(=O)CN1C[C@H]2C[C@H]1CO2. The van der Waals surface area contributed by atoms with E-state index in [1.165, 1.54) is 7.11 Å². The first-order valence-corrected chi connectivity index (χ1v) is 11.4. The molecule has 0 aromatic heterocycles. The molecular formula is C27H27N3O4. The number of hydrogen-bond acceptors (Lipinski definition) is 5. The number of carbonyl (C=O) groups is 2. The van der Waals surface area contributed by atoms with E-state index in [4.69, 9.17) is 9.47 Å². The number of amides is 2. The first kappa shape index (κ1) is 22.1. The fourth-order valence-corrected chi connectivity index (χ4v) is 4.57. The summed E-state index contributed by atoms with van der Waals surface area (Å²) >= 11 is 0. The third kappa shape index (κ3) is 4.81. The van der Waals surface area contributed by atoms with Gasteiger partial charge in [0.2, 0.25) is 5.91 Å². The lowest BCUT2D eigenvalue weighted by Crippen LogP contribution is -2.41. The van der Waals surface area contributed by atoms with Gasteiger partial charge in [-0.2, -0.15) is 0 Å². The number of likely N-dealkylation sites (tertiary alicyclic amines) is 1. The lowest BCUT2D eigenvalue weighted by atomic mass is 10.1. The van der Waals surface area contributed by atoms with Crippen molar-refractivity contribution in [1.82, 2.24) is 4.90 Å². The molecule has 2 atom stereocenters. The molecule has 0 unspecified atom stereocenters. The minimum Gasteiger partial charge on any atom is -0.495 e. The fourth-order valence-electron chi connectivity index (χ4n) is 4.57. The minimum absolute atomic E-state index is 0.139. The highest BCUT2D eigenvalue weighted by Gasteiger charge is 2.39. The van der Waals surface area contributed by atoms with E-state index >= 15 is 0 Å². The molecule has 0 saturated carbocycles. The van der Waals surface area contributed by atoms with Crippen LogP contribution < -0.4 is 15.4 Å². The van der Waals surface area contributed by atoms with Crippen molar-refractivity contribution in [2.45, 2.75) is 18.6 Å². The summed E-state index contributed by atoms with van der Waals surface area (Å²) in [5.41, 5.74) is 3.78. The van der Waals surface area contributed by atoms with Crippen LogP contribution in [0.2, 0.25) is 0 Å². The third-order valence-corrected chi connectivity index (χ3v) is 6.35. The van der Waals surface area contributed by atoms with E-state index in [-0.39, 0.29) is 24.5 Å². The molecule has 2 N–H and O–H groups in total. The lowest BCUT2D eigenvalue weighted by molar-refractivity contribution is -0.118. The molecule has 2 saturated heterocycles. The third-order valence-electron chi connectivity index (χ3n) is 6.35. The van der Waals surface area contributed by atoms with Gasteiger partial charge in [0.05, 0.1) is 32.1 Å². The average Bonchev–Trinajstić information content (AvgIpc) is 3.48. The smallest absolute Gasteiger partial charge is 0.255 e. The van der Waals surface area contributed by atoms with Crippen LogP contribution in [-0.4, -0.2) is 55.7 Å². The van der Waals surface area contributed by atoms with Crippen molar-refractivity contribution < 1.29 is 19.1 Å². The molecule has 0 radical (unpaired) electrons. The van der Waals surface area contributed by atoms with E-state index < -0.39 is 0 Å². The van der Waals surface area contributed by atoms with Crippen LogP contribution in [0.3, 0.4) is 0 Å². The van der Waals surface area contributed by atoms with Crippen molar-refractivity contribution in [1.29, 1.82) is 0 Å². The Morgan fingerprint density at radius 1 is 1.00 bits per heavy atom. The van der Waals surface area contributed by atoms with Gasteiger partial charge in [0.25, 0.3) is 5.91 Å². The molecular weight excluding hydrogens is 430 g/mol. The predicted octanol–water partition coefficient (Wildman–Crippen LogP) is 4.03. The fraction of sp³-hybridized carbons (Fsp3) is 0.259. The van der Waals surface area contributed by atoms with Gasteiger partial charge in [0, 0.05) is 23.8 Å². The monoisotopic (exact) mass is 457 g/mol. The summed E-state index contributed by atoms with van der Waals surface area (Å²) in [5, 5.41) is 5.82. The summed E-state index contributed by atoms with van der Waals surface area (Å²) in [6.45, 7) is 1.75. The summed E-state index contributed by atoms with van der Waals surface area (Å²) < 4.78 is 11.0. The number of anilines is 2. The van der Waals surface area contributed by atoms with Crippen LogP contribution in [0.15, 0.2) is 72.8 Å². The van der Waals surface area contributed by atoms with E-state index in [9.17, 15) is 9.59 Å². The lowest BCUT2D eigenvalue weighted by Gasteiger charge is -2.26. The van der Waals surface area contributed by atoms with E-state index in [1.807, 2.05) is 54.6 Å². The van der Waals surface area contributed by atoms with E-state index in [0.717, 1.165) is 24.1 Å². The molecule has 34 heavy (non-hydrogen) atoms. The van der Waals surface area contributed by atoms with Crippen molar-refractivity contribution >= 4 is 23.2 Å². The van der Waals surface area contributed by atoms with E-state index in [2.05, 4.69) is 15.5 Å². The second kappa shape index (κ2) is 9.67. The molecule has 2 aliphatic heterocycles. The van der Waals surface area contributed by atoms with Crippen molar-refractivity contribution in [3.05, 3.63) is 78.4 Å². The molecule has 0 aliphatic carbocycles. The first-order valence-electron chi connectivity index (χ1n) is 11.4. The highest BCUT2D eigenvalue weighted by Crippen LogP contribution is 2.29. The number of benzene rings is 3. The Balaban J connectivity index is 1.25. The van der Waals surface area contributed by atoms with E-state index in [1.54, 1.807) is 18.2 Å². The predicted molar refractivity (Wildman–Crippen MR) is 131 cm³/mol. The van der Waals surface area contributed by atoms with Crippen molar-refractivity contribution in [3.8, 4) is 16.9 Å². The zero-order valence-corrected chi connectivity index (χ0v) is 19.0. The molecule has 2 aliphatic rings. The molecule has 2 fully saturated rings. The van der Waals surface area contributed by atoms with Crippen molar-refractivity contribution in [2.75, 3.05) is 37.4 Å². The number of fused-ring (bicyclic) bond motifs is 2. The molecule has 0 spiro atoms. The zero-order valence-electron chi connectivity index (χ0n) is 19.0. The van der Waals surface area contributed by atoms with Crippen LogP contribution in [0, 0.1) is 0 Å². The van der Waals surface area contributed by atoms with Gasteiger partial charge in [-0.25, -0.2) is 0 Å². The Bertz CT molecular complexity index is 1180. The molecule has 7 nitrogen and oxygen atoms in total. The maximum Gasteiger partial charge on any atom is 0.255 e. The number of ether oxygens (including phenoxy) is 2. The largest absolute Gasteiger partial charge is 0.495 e. The van der Waals surface area contributed by atoms with Crippen LogP contribution in [0.5, 0.6) is 5.75 Å². The van der Waals surface area contributed by atoms with Crippen LogP contribution in [0.1, 0.15) is 16.8 Å². The van der Waals surface area contributed by atoms with Gasteiger partial charge in [0.1, 0.15) is 5.75 Å². The summed E-state index contributed by atoms with van der Waals surface area (Å²) in [6.07, 6.45) is 1.22. The van der Waals surface area contributed by atoms with Crippen molar-refractivity contribution in [3.63, 3.8) is 0 Å². The van der Waals surface area contributed by atoms with E-state index in [0.29, 0.717) is 35.3 Å². The quantitative estimate of drug-likeness (QED) is 0.560. The van der Waals surface area contributed by atoms with Crippen LogP contribution in [0.25, 0.3) is 11.1 Å². The number of morpholine rings is 1. The van der Waals surface area contributed by atoms with Gasteiger partial charge in [-0.3, -0.25) is 14.5 Å². The van der Waals surface area contributed by atoms with Crippen molar-refractivity contribution in [2.24, 2.45) is 0 Å². The molecule has 174 valence electrons. The Morgan fingerprint density at radius 3 is 2.44 bits per heavy atom. The molecule has 5 rings (SSSR count). The maximum absolute atomic E-state index is 12.9. The van der Waals surface area contributed by atoms with Gasteiger partial charge in [-0.05, 0) is 47.9 Å². The Kier molecular flexibility index (Phi) is 6.29. The average molecular weight is 458 g/mol. The molecule has 3 aromatic rings. The van der Waals surface area contributed by atoms with Gasteiger partial charge >= 0.3 is 0 Å². The summed E-state index contributed by atoms with van der Waals surface area (Å²) in [5.74, 6) is 0.0999. The highest BCUT2D eigenvalue weighted by atomic mass is 16.5. The molecule has 3 aromatic carbocycles. The minimum atomic E-state index is -0.264. The Labute approximate surface area is 198 Å². The van der Waals surface area contributed by atoms with Gasteiger partial charge in [-0.1, -0.05) is 42.5 Å². The molecule has 7 heteroatoms. The summed E-state index contributed by atoms with van der Waals surface area (Å²) in [6, 6.07) is 23.1.